The Kier molecular flexibility index (Phi) is 5.91. The van der Waals surface area contributed by atoms with Crippen LogP contribution in [0.15, 0.2) is 182 Å². The zero-order valence-corrected chi connectivity index (χ0v) is 27.7. The van der Waals surface area contributed by atoms with Crippen molar-refractivity contribution in [3.63, 3.8) is 0 Å². The van der Waals surface area contributed by atoms with Gasteiger partial charge in [0.05, 0.1) is 22.5 Å². The number of aromatic nitrogens is 2. The van der Waals surface area contributed by atoms with Crippen molar-refractivity contribution >= 4 is 21.5 Å². The second kappa shape index (κ2) is 10.7. The van der Waals surface area contributed by atoms with Crippen molar-refractivity contribution in [2.75, 3.05) is 0 Å². The predicted molar refractivity (Wildman–Crippen MR) is 210 cm³/mol. The Balaban J connectivity index is 1.18. The maximum absolute atomic E-state index is 4.99. The predicted octanol–water partition coefficient (Wildman–Crippen LogP) is 12.1. The topological polar surface area (TPSA) is 25.8 Å². The molecule has 1 spiro atoms. The maximum Gasteiger partial charge on any atom is 0.0893 e. The summed E-state index contributed by atoms with van der Waals surface area (Å²) in [6.07, 6.45) is 1.81. The molecule has 236 valence electrons. The minimum atomic E-state index is -0.434. The highest BCUT2D eigenvalue weighted by atomic mass is 14.8. The molecule has 0 unspecified atom stereocenters. The third kappa shape index (κ3) is 3.87. The van der Waals surface area contributed by atoms with E-state index in [1.807, 2.05) is 30.5 Å². The normalized spacial score (nSPS) is 13.3. The van der Waals surface area contributed by atoms with Gasteiger partial charge in [-0.3, -0.25) is 4.98 Å². The van der Waals surface area contributed by atoms with Gasteiger partial charge in [-0.05, 0) is 108 Å². The van der Waals surface area contributed by atoms with Crippen molar-refractivity contribution in [3.05, 3.63) is 204 Å². The first-order valence-corrected chi connectivity index (χ1v) is 17.6. The minimum Gasteiger partial charge on any atom is -0.255 e. The third-order valence-electron chi connectivity index (χ3n) is 11.2. The molecule has 0 atom stereocenters. The van der Waals surface area contributed by atoms with E-state index in [1.54, 1.807) is 0 Å². The molecule has 11 rings (SSSR count). The molecule has 0 amide bonds. The second-order valence-corrected chi connectivity index (χ2v) is 13.6. The number of hydrogen-bond acceptors (Lipinski definition) is 2. The van der Waals surface area contributed by atoms with Crippen LogP contribution in [0.2, 0.25) is 0 Å². The van der Waals surface area contributed by atoms with Gasteiger partial charge >= 0.3 is 0 Å². The maximum atomic E-state index is 4.99. The Hall–Kier alpha value is -6.64. The van der Waals surface area contributed by atoms with Crippen LogP contribution in [0.5, 0.6) is 0 Å². The molecule has 0 bridgehead atoms. The van der Waals surface area contributed by atoms with E-state index < -0.39 is 5.41 Å². The van der Waals surface area contributed by atoms with Crippen molar-refractivity contribution in [2.45, 2.75) is 5.41 Å². The molecule has 2 aliphatic carbocycles. The smallest absolute Gasteiger partial charge is 0.0893 e. The first-order valence-electron chi connectivity index (χ1n) is 17.6. The SMILES string of the molecule is c1ccc(-c2cccc(-c3ccc(-c4cc5c(c6ccccc46)-c4c(ccc6ccccc46)C54c5ccccc5-c5ccccc54)cc3)n2)nc1. The Bertz CT molecular complexity index is 2800. The summed E-state index contributed by atoms with van der Waals surface area (Å²) in [5.74, 6) is 0. The van der Waals surface area contributed by atoms with Crippen LogP contribution in [0, 0.1) is 0 Å². The molecule has 51 heavy (non-hydrogen) atoms. The van der Waals surface area contributed by atoms with Crippen LogP contribution in [0.1, 0.15) is 22.3 Å². The van der Waals surface area contributed by atoms with Gasteiger partial charge in [0, 0.05) is 11.8 Å². The van der Waals surface area contributed by atoms with Gasteiger partial charge < -0.3 is 0 Å². The summed E-state index contributed by atoms with van der Waals surface area (Å²) >= 11 is 0. The van der Waals surface area contributed by atoms with Gasteiger partial charge in [0.2, 0.25) is 0 Å². The largest absolute Gasteiger partial charge is 0.255 e. The summed E-state index contributed by atoms with van der Waals surface area (Å²) in [7, 11) is 0. The lowest BCUT2D eigenvalue weighted by Crippen LogP contribution is -2.26. The molecule has 0 radical (unpaired) electrons. The lowest BCUT2D eigenvalue weighted by atomic mass is 9.70. The molecule has 0 N–H and O–H groups in total. The molecule has 2 heterocycles. The van der Waals surface area contributed by atoms with Crippen LogP contribution in [0.4, 0.5) is 0 Å². The zero-order chi connectivity index (χ0) is 33.5. The molecule has 0 saturated carbocycles. The fourth-order valence-electron chi connectivity index (χ4n) is 9.07. The zero-order valence-electron chi connectivity index (χ0n) is 27.7. The highest BCUT2D eigenvalue weighted by Crippen LogP contribution is 2.65. The number of benzene rings is 7. The average molecular weight is 647 g/mol. The molecule has 7 aromatic carbocycles. The lowest BCUT2D eigenvalue weighted by molar-refractivity contribution is 0.795. The molecular weight excluding hydrogens is 617 g/mol. The van der Waals surface area contributed by atoms with Gasteiger partial charge in [0.1, 0.15) is 0 Å². The van der Waals surface area contributed by atoms with Crippen LogP contribution in [0.25, 0.3) is 77.6 Å². The fourth-order valence-corrected chi connectivity index (χ4v) is 9.07. The molecule has 2 heteroatoms. The van der Waals surface area contributed by atoms with Crippen molar-refractivity contribution in [3.8, 4) is 56.0 Å². The van der Waals surface area contributed by atoms with E-state index in [4.69, 9.17) is 4.98 Å². The summed E-state index contributed by atoms with van der Waals surface area (Å²) in [6.45, 7) is 0. The molecule has 0 fully saturated rings. The third-order valence-corrected chi connectivity index (χ3v) is 11.2. The Labute approximate surface area is 296 Å². The Morgan fingerprint density at radius 3 is 1.73 bits per heavy atom. The number of nitrogens with zero attached hydrogens (tertiary/aromatic N) is 2. The van der Waals surface area contributed by atoms with Crippen LogP contribution in [0.3, 0.4) is 0 Å². The van der Waals surface area contributed by atoms with Gasteiger partial charge in [-0.25, -0.2) is 4.98 Å². The second-order valence-electron chi connectivity index (χ2n) is 13.6. The highest BCUT2D eigenvalue weighted by Gasteiger charge is 2.52. The summed E-state index contributed by atoms with van der Waals surface area (Å²) < 4.78 is 0. The molecule has 0 saturated heterocycles. The van der Waals surface area contributed by atoms with Gasteiger partial charge in [-0.2, -0.15) is 0 Å². The Morgan fingerprint density at radius 2 is 0.961 bits per heavy atom. The quantitative estimate of drug-likeness (QED) is 0.191. The van der Waals surface area contributed by atoms with E-state index in [0.29, 0.717) is 0 Å². The van der Waals surface area contributed by atoms with E-state index in [2.05, 4.69) is 157 Å². The van der Waals surface area contributed by atoms with Crippen molar-refractivity contribution in [1.29, 1.82) is 0 Å². The average Bonchev–Trinajstić information content (AvgIpc) is 3.69. The van der Waals surface area contributed by atoms with E-state index in [1.165, 1.54) is 77.2 Å². The summed E-state index contributed by atoms with van der Waals surface area (Å²) in [5.41, 5.74) is 16.5. The monoisotopic (exact) mass is 646 g/mol. The highest BCUT2D eigenvalue weighted by molar-refractivity contribution is 6.16. The number of hydrogen-bond donors (Lipinski definition) is 0. The van der Waals surface area contributed by atoms with E-state index in [0.717, 1.165) is 22.6 Å². The van der Waals surface area contributed by atoms with Gasteiger partial charge in [-0.1, -0.05) is 146 Å². The molecule has 9 aromatic rings. The first kappa shape index (κ1) is 28.2. The van der Waals surface area contributed by atoms with Crippen molar-refractivity contribution in [1.82, 2.24) is 9.97 Å². The number of rotatable bonds is 3. The van der Waals surface area contributed by atoms with Crippen LogP contribution in [-0.4, -0.2) is 9.97 Å². The fraction of sp³-hybridized carbons (Fsp3) is 0.0204. The molecular formula is C49H30N2. The summed E-state index contributed by atoms with van der Waals surface area (Å²) in [6, 6.07) is 64.3. The number of fused-ring (bicyclic) bond motifs is 14. The number of pyridine rings is 2. The van der Waals surface area contributed by atoms with Crippen molar-refractivity contribution < 1.29 is 0 Å². The standard InChI is InChI=1S/C49H30N2/c1-2-13-34-31(12-1)27-28-42-47(34)48-38-17-4-3-14-35(38)39(30-43(48)49(42)40-18-7-5-15-36(40)37-16-6-8-19-41(37)49)32-23-25-33(26-24-32)44-21-11-22-46(51-44)45-20-9-10-29-50-45/h1-30H. The van der Waals surface area contributed by atoms with E-state index >= 15 is 0 Å². The van der Waals surface area contributed by atoms with E-state index in [9.17, 15) is 0 Å². The summed E-state index contributed by atoms with van der Waals surface area (Å²) in [5, 5.41) is 5.12. The van der Waals surface area contributed by atoms with Crippen molar-refractivity contribution in [2.24, 2.45) is 0 Å². The van der Waals surface area contributed by atoms with E-state index in [-0.39, 0.29) is 0 Å². The van der Waals surface area contributed by atoms with Crippen LogP contribution < -0.4 is 0 Å². The molecule has 2 nitrogen and oxygen atoms in total. The molecule has 2 aromatic heterocycles. The Morgan fingerprint density at radius 1 is 0.353 bits per heavy atom. The van der Waals surface area contributed by atoms with Gasteiger partial charge in [0.25, 0.3) is 0 Å². The summed E-state index contributed by atoms with van der Waals surface area (Å²) in [4.78, 5) is 9.51. The molecule has 2 aliphatic rings. The first-order chi connectivity index (χ1) is 25.3. The lowest BCUT2D eigenvalue weighted by Gasteiger charge is -2.31. The minimum absolute atomic E-state index is 0.434. The van der Waals surface area contributed by atoms with Gasteiger partial charge in [0.15, 0.2) is 0 Å². The molecule has 0 aliphatic heterocycles. The van der Waals surface area contributed by atoms with Crippen LogP contribution in [-0.2, 0) is 5.41 Å². The van der Waals surface area contributed by atoms with Gasteiger partial charge in [-0.15, -0.1) is 0 Å². The van der Waals surface area contributed by atoms with Crippen LogP contribution >= 0.6 is 0 Å².